The molecule has 0 spiro atoms. The van der Waals surface area contributed by atoms with E-state index in [1.165, 1.54) is 0 Å². The lowest BCUT2D eigenvalue weighted by Crippen LogP contribution is -2.08. The lowest BCUT2D eigenvalue weighted by atomic mass is 10.5. The number of nitrogens with zero attached hydrogens (tertiary/aromatic N) is 2. The summed E-state index contributed by atoms with van der Waals surface area (Å²) in [7, 11) is 0. The van der Waals surface area contributed by atoms with Crippen LogP contribution >= 0.6 is 24.0 Å². The molecule has 10 heavy (non-hydrogen) atoms. The summed E-state index contributed by atoms with van der Waals surface area (Å²) in [5, 5.41) is 7.46. The summed E-state index contributed by atoms with van der Waals surface area (Å²) in [4.78, 5) is 0. The second-order valence-corrected chi connectivity index (χ2v) is 1.77. The van der Waals surface area contributed by atoms with E-state index in [1.807, 2.05) is 0 Å². The van der Waals surface area contributed by atoms with Gasteiger partial charge < -0.3 is 5.43 Å². The number of nitrogen functional groups attached to an aromatic ring is 1. The molecule has 1 aromatic rings. The minimum atomic E-state index is 0. The van der Waals surface area contributed by atoms with Crippen LogP contribution in [0.15, 0.2) is 12.1 Å². The summed E-state index contributed by atoms with van der Waals surface area (Å²) in [6.07, 6.45) is 0. The molecule has 0 unspecified atom stereocenters. The normalized spacial score (nSPS) is 8.20. The minimum Gasteiger partial charge on any atom is -0.307 e. The third-order valence-corrected chi connectivity index (χ3v) is 0.981. The fourth-order valence-corrected chi connectivity index (χ4v) is 0.494. The van der Waals surface area contributed by atoms with Crippen LogP contribution in [0.25, 0.3) is 0 Å². The highest BCUT2D eigenvalue weighted by atomic mass is 35.5. The number of nitrogens with one attached hydrogen (secondary N) is 1. The van der Waals surface area contributed by atoms with Crippen molar-refractivity contribution in [3.8, 4) is 0 Å². The second kappa shape index (κ2) is 4.27. The lowest BCUT2D eigenvalue weighted by molar-refractivity contribution is 1.02. The molecule has 0 radical (unpaired) electrons. The number of hydrogen-bond donors (Lipinski definition) is 2. The number of hydrazine groups is 1. The Morgan fingerprint density at radius 3 is 2.50 bits per heavy atom. The van der Waals surface area contributed by atoms with Crippen molar-refractivity contribution in [3.05, 3.63) is 17.3 Å². The van der Waals surface area contributed by atoms with Gasteiger partial charge in [0.15, 0.2) is 11.0 Å². The van der Waals surface area contributed by atoms with Crippen LogP contribution in [0.5, 0.6) is 0 Å². The van der Waals surface area contributed by atoms with E-state index in [9.17, 15) is 0 Å². The Hall–Kier alpha value is -0.580. The molecule has 0 saturated carbocycles. The van der Waals surface area contributed by atoms with Crippen LogP contribution in [0, 0.1) is 0 Å². The van der Waals surface area contributed by atoms with Crippen LogP contribution in [0.3, 0.4) is 0 Å². The van der Waals surface area contributed by atoms with Crippen molar-refractivity contribution >= 4 is 29.8 Å². The van der Waals surface area contributed by atoms with Crippen LogP contribution in [-0.2, 0) is 0 Å². The molecular weight excluding hydrogens is 175 g/mol. The molecule has 0 atom stereocenters. The zero-order valence-electron chi connectivity index (χ0n) is 4.91. The van der Waals surface area contributed by atoms with E-state index < -0.39 is 0 Å². The summed E-state index contributed by atoms with van der Waals surface area (Å²) in [6, 6.07) is 3.24. The number of nitrogens with two attached hydrogens (primary N) is 1. The van der Waals surface area contributed by atoms with E-state index in [-0.39, 0.29) is 12.4 Å². The van der Waals surface area contributed by atoms with E-state index in [2.05, 4.69) is 15.6 Å². The van der Waals surface area contributed by atoms with E-state index in [0.29, 0.717) is 11.0 Å². The van der Waals surface area contributed by atoms with Crippen molar-refractivity contribution in [2.75, 3.05) is 5.43 Å². The van der Waals surface area contributed by atoms with Gasteiger partial charge in [-0.25, -0.2) is 5.84 Å². The Kier molecular flexibility index (Phi) is 4.02. The predicted molar refractivity (Wildman–Crippen MR) is 42.1 cm³/mol. The number of halogens is 2. The average Bonchev–Trinajstić information content (AvgIpc) is 1.90. The maximum absolute atomic E-state index is 5.43. The van der Waals surface area contributed by atoms with Gasteiger partial charge >= 0.3 is 0 Å². The van der Waals surface area contributed by atoms with Gasteiger partial charge in [-0.3, -0.25) is 0 Å². The molecule has 6 heteroatoms. The van der Waals surface area contributed by atoms with Gasteiger partial charge in [0, 0.05) is 0 Å². The quantitative estimate of drug-likeness (QED) is 0.497. The Balaban J connectivity index is 0.000000810. The van der Waals surface area contributed by atoms with Gasteiger partial charge in [0.2, 0.25) is 0 Å². The second-order valence-electron chi connectivity index (χ2n) is 1.39. The highest BCUT2D eigenvalue weighted by Gasteiger charge is 1.89. The zero-order chi connectivity index (χ0) is 6.69. The smallest absolute Gasteiger partial charge is 0.162 e. The minimum absolute atomic E-state index is 0. The summed E-state index contributed by atoms with van der Waals surface area (Å²) < 4.78 is 0. The van der Waals surface area contributed by atoms with Crippen LogP contribution < -0.4 is 11.3 Å². The van der Waals surface area contributed by atoms with E-state index in [0.717, 1.165) is 0 Å². The number of hydrogen-bond acceptors (Lipinski definition) is 4. The topological polar surface area (TPSA) is 63.8 Å². The molecular formula is C4H6Cl2N4. The predicted octanol–water partition coefficient (Wildman–Crippen LogP) is 0.837. The van der Waals surface area contributed by atoms with Crippen molar-refractivity contribution in [1.29, 1.82) is 0 Å². The molecule has 0 aliphatic rings. The molecule has 56 valence electrons. The molecule has 3 N–H and O–H groups in total. The highest BCUT2D eigenvalue weighted by molar-refractivity contribution is 6.29. The Bertz CT molecular complexity index is 187. The summed E-state index contributed by atoms with van der Waals surface area (Å²) >= 11 is 5.43. The first-order valence-corrected chi connectivity index (χ1v) is 2.66. The molecule has 1 rings (SSSR count). The third kappa shape index (κ3) is 2.34. The largest absolute Gasteiger partial charge is 0.307 e. The van der Waals surface area contributed by atoms with Gasteiger partial charge in [0.1, 0.15) is 0 Å². The van der Waals surface area contributed by atoms with Gasteiger partial charge in [0.05, 0.1) is 0 Å². The van der Waals surface area contributed by atoms with Crippen molar-refractivity contribution in [3.63, 3.8) is 0 Å². The number of anilines is 1. The molecule has 0 bridgehead atoms. The Labute approximate surface area is 69.2 Å². The van der Waals surface area contributed by atoms with Crippen molar-refractivity contribution in [1.82, 2.24) is 10.2 Å². The first-order chi connectivity index (χ1) is 4.33. The maximum Gasteiger partial charge on any atom is 0.162 e. The summed E-state index contributed by atoms with van der Waals surface area (Å²) in [5.41, 5.74) is 2.32. The van der Waals surface area contributed by atoms with Gasteiger partial charge in [-0.05, 0) is 12.1 Å². The molecule has 1 aromatic heterocycles. The molecule has 0 saturated heterocycles. The number of rotatable bonds is 1. The molecule has 0 fully saturated rings. The van der Waals surface area contributed by atoms with E-state index >= 15 is 0 Å². The molecule has 1 heterocycles. The summed E-state index contributed by atoms with van der Waals surface area (Å²) in [5.74, 6) is 5.50. The first-order valence-electron chi connectivity index (χ1n) is 2.29. The van der Waals surface area contributed by atoms with Crippen molar-refractivity contribution in [2.24, 2.45) is 5.84 Å². The van der Waals surface area contributed by atoms with Gasteiger partial charge in [-0.15, -0.1) is 22.6 Å². The lowest BCUT2D eigenvalue weighted by Gasteiger charge is -1.93. The van der Waals surface area contributed by atoms with Crippen molar-refractivity contribution < 1.29 is 0 Å². The fourth-order valence-electron chi connectivity index (χ4n) is 0.393. The van der Waals surface area contributed by atoms with Crippen LogP contribution in [0.2, 0.25) is 5.15 Å². The number of aromatic nitrogens is 2. The SMILES string of the molecule is Cl.NNc1ccc(Cl)nn1. The van der Waals surface area contributed by atoms with E-state index in [4.69, 9.17) is 17.4 Å². The van der Waals surface area contributed by atoms with Gasteiger partial charge in [-0.2, -0.15) is 0 Å². The standard InChI is InChI=1S/C4H5ClN4.ClH/c5-3-1-2-4(7-6)9-8-3;/h1-2H,6H2,(H,7,9);1H. The van der Waals surface area contributed by atoms with Gasteiger partial charge in [0.25, 0.3) is 0 Å². The molecule has 0 amide bonds. The fraction of sp³-hybridized carbons (Fsp3) is 0. The summed E-state index contributed by atoms with van der Waals surface area (Å²) in [6.45, 7) is 0. The molecule has 0 aromatic carbocycles. The van der Waals surface area contributed by atoms with Gasteiger partial charge in [-0.1, -0.05) is 11.6 Å². The Morgan fingerprint density at radius 1 is 1.40 bits per heavy atom. The van der Waals surface area contributed by atoms with Crippen LogP contribution in [-0.4, -0.2) is 10.2 Å². The third-order valence-electron chi connectivity index (χ3n) is 0.780. The first kappa shape index (κ1) is 9.42. The maximum atomic E-state index is 5.43. The van der Waals surface area contributed by atoms with Crippen LogP contribution in [0.4, 0.5) is 5.82 Å². The van der Waals surface area contributed by atoms with Crippen LogP contribution in [0.1, 0.15) is 0 Å². The van der Waals surface area contributed by atoms with E-state index in [1.54, 1.807) is 12.1 Å². The zero-order valence-corrected chi connectivity index (χ0v) is 6.49. The molecule has 0 aliphatic carbocycles. The monoisotopic (exact) mass is 180 g/mol. The molecule has 0 aliphatic heterocycles. The highest BCUT2D eigenvalue weighted by Crippen LogP contribution is 2.03. The Morgan fingerprint density at radius 2 is 2.10 bits per heavy atom. The molecule has 4 nitrogen and oxygen atoms in total. The average molecular weight is 181 g/mol. The van der Waals surface area contributed by atoms with Crippen molar-refractivity contribution in [2.45, 2.75) is 0 Å².